The molecule has 2 N–H and O–H groups in total. The quantitative estimate of drug-likeness (QED) is 0.527. The Balaban J connectivity index is 1.51. The lowest BCUT2D eigenvalue weighted by Crippen LogP contribution is -2.54. The van der Waals surface area contributed by atoms with Gasteiger partial charge in [-0.25, -0.2) is 10.0 Å². The molecule has 2 aliphatic heterocycles. The van der Waals surface area contributed by atoms with Gasteiger partial charge in [-0.05, 0) is 17.0 Å². The van der Waals surface area contributed by atoms with Gasteiger partial charge in [-0.15, -0.1) is 23.5 Å². The summed E-state index contributed by atoms with van der Waals surface area (Å²) in [7, 11) is 0. The van der Waals surface area contributed by atoms with Crippen LogP contribution in [0.25, 0.3) is 0 Å². The third kappa shape index (κ3) is 5.48. The minimum absolute atomic E-state index is 0.226. The first-order valence-corrected chi connectivity index (χ1v) is 13.6. The minimum Gasteiger partial charge on any atom is -0.272 e. The molecule has 0 spiro atoms. The molecule has 2 saturated heterocycles. The predicted molar refractivity (Wildman–Crippen MR) is 136 cm³/mol. The molecule has 2 heterocycles. The van der Waals surface area contributed by atoms with Gasteiger partial charge in [-0.3, -0.25) is 30.0 Å². The summed E-state index contributed by atoms with van der Waals surface area (Å²) < 4.78 is 0. The van der Waals surface area contributed by atoms with Crippen LogP contribution >= 0.6 is 23.5 Å². The number of carbonyl (C=O) groups excluding carboxylic acids is 4. The van der Waals surface area contributed by atoms with Crippen molar-refractivity contribution in [2.75, 3.05) is 11.5 Å². The molecule has 4 rings (SSSR count). The van der Waals surface area contributed by atoms with Crippen molar-refractivity contribution in [1.82, 2.24) is 20.9 Å². The number of nitrogens with zero attached hydrogens (tertiary/aromatic N) is 2. The Morgan fingerprint density at radius 2 is 1.23 bits per heavy atom. The van der Waals surface area contributed by atoms with Crippen molar-refractivity contribution in [3.8, 4) is 0 Å². The van der Waals surface area contributed by atoms with Crippen molar-refractivity contribution in [3.05, 3.63) is 71.8 Å². The monoisotopic (exact) mass is 512 g/mol. The van der Waals surface area contributed by atoms with E-state index in [0.717, 1.165) is 11.1 Å². The Morgan fingerprint density at radius 3 is 1.60 bits per heavy atom. The predicted octanol–water partition coefficient (Wildman–Crippen LogP) is 3.26. The zero-order valence-corrected chi connectivity index (χ0v) is 21.2. The van der Waals surface area contributed by atoms with Gasteiger partial charge in [0, 0.05) is 0 Å². The van der Waals surface area contributed by atoms with Crippen LogP contribution in [0.1, 0.15) is 42.1 Å². The van der Waals surface area contributed by atoms with Gasteiger partial charge in [-0.1, -0.05) is 80.9 Å². The Kier molecular flexibility index (Phi) is 8.02. The first-order valence-electron chi connectivity index (χ1n) is 11.5. The SMILES string of the molecule is CCC(C)C(C(=O)NN1C(=O)CSC1c1ccccc1)C(=O)NN1C(=O)CSC1c1ccccc1. The first kappa shape index (κ1) is 25.1. The molecule has 0 bridgehead atoms. The number of thioether (sulfide) groups is 2. The molecule has 8 nitrogen and oxygen atoms in total. The number of hydrogen-bond acceptors (Lipinski definition) is 6. The smallest absolute Gasteiger partial charge is 0.252 e. The Hall–Kier alpha value is -2.98. The first-order chi connectivity index (χ1) is 16.9. The van der Waals surface area contributed by atoms with Crippen molar-refractivity contribution in [2.45, 2.75) is 31.0 Å². The number of benzene rings is 2. The van der Waals surface area contributed by atoms with E-state index in [4.69, 9.17) is 0 Å². The lowest BCUT2D eigenvalue weighted by Gasteiger charge is -2.30. The molecular formula is C25H28N4O4S2. The largest absolute Gasteiger partial charge is 0.272 e. The van der Waals surface area contributed by atoms with Crippen LogP contribution in [0.15, 0.2) is 60.7 Å². The summed E-state index contributed by atoms with van der Waals surface area (Å²) in [5, 5.41) is 1.89. The number of rotatable bonds is 8. The lowest BCUT2D eigenvalue weighted by molar-refractivity contribution is -0.150. The van der Waals surface area contributed by atoms with Crippen LogP contribution in [-0.4, -0.2) is 45.2 Å². The standard InChI is InChI=1S/C25H28N4O4S2/c1-3-16(2)21(22(32)26-28-19(30)14-34-24(28)17-10-6-4-7-11-17)23(33)27-29-20(31)15-35-25(29)18-12-8-5-9-13-18/h4-13,16,21,24-25H,3,14-15H2,1-2H3,(H,26,32)(H,27,33). The molecule has 0 radical (unpaired) electrons. The molecule has 0 aliphatic carbocycles. The van der Waals surface area contributed by atoms with Crippen LogP contribution in [0.3, 0.4) is 0 Å². The van der Waals surface area contributed by atoms with Crippen molar-refractivity contribution in [3.63, 3.8) is 0 Å². The fraction of sp³-hybridized carbons (Fsp3) is 0.360. The molecule has 184 valence electrons. The number of hydrazine groups is 2. The number of nitrogens with one attached hydrogen (secondary N) is 2. The van der Waals surface area contributed by atoms with Gasteiger partial charge < -0.3 is 0 Å². The highest BCUT2D eigenvalue weighted by molar-refractivity contribution is 8.00. The highest BCUT2D eigenvalue weighted by Gasteiger charge is 2.41. The van der Waals surface area contributed by atoms with E-state index in [9.17, 15) is 19.2 Å². The van der Waals surface area contributed by atoms with Crippen LogP contribution in [0.5, 0.6) is 0 Å². The highest BCUT2D eigenvalue weighted by Crippen LogP contribution is 2.38. The van der Waals surface area contributed by atoms with Crippen molar-refractivity contribution in [1.29, 1.82) is 0 Å². The Morgan fingerprint density at radius 1 is 0.829 bits per heavy atom. The second-order valence-electron chi connectivity index (χ2n) is 8.49. The zero-order chi connectivity index (χ0) is 24.9. The molecule has 2 fully saturated rings. The summed E-state index contributed by atoms with van der Waals surface area (Å²) in [5.41, 5.74) is 7.19. The Bertz CT molecular complexity index is 1000. The van der Waals surface area contributed by atoms with E-state index in [0.29, 0.717) is 6.42 Å². The van der Waals surface area contributed by atoms with Crippen LogP contribution in [0, 0.1) is 11.8 Å². The van der Waals surface area contributed by atoms with Crippen LogP contribution in [0.2, 0.25) is 0 Å². The van der Waals surface area contributed by atoms with E-state index in [1.165, 1.54) is 33.5 Å². The maximum absolute atomic E-state index is 13.4. The normalized spacial score (nSPS) is 21.7. The third-order valence-electron chi connectivity index (χ3n) is 6.14. The van der Waals surface area contributed by atoms with Gasteiger partial charge in [0.15, 0.2) is 0 Å². The molecule has 2 aromatic carbocycles. The maximum Gasteiger partial charge on any atom is 0.252 e. The highest BCUT2D eigenvalue weighted by atomic mass is 32.2. The second kappa shape index (κ2) is 11.2. The topological polar surface area (TPSA) is 98.8 Å². The van der Waals surface area contributed by atoms with E-state index in [2.05, 4.69) is 10.9 Å². The summed E-state index contributed by atoms with van der Waals surface area (Å²) >= 11 is 2.84. The average Bonchev–Trinajstić information content (AvgIpc) is 3.42. The summed E-state index contributed by atoms with van der Waals surface area (Å²) in [6.07, 6.45) is 0.571. The third-order valence-corrected chi connectivity index (χ3v) is 8.57. The van der Waals surface area contributed by atoms with Crippen LogP contribution in [-0.2, 0) is 19.2 Å². The maximum atomic E-state index is 13.4. The average molecular weight is 513 g/mol. The number of carbonyl (C=O) groups is 4. The van der Waals surface area contributed by atoms with Gasteiger partial charge in [0.25, 0.3) is 23.6 Å². The van der Waals surface area contributed by atoms with Gasteiger partial charge in [0.05, 0.1) is 11.5 Å². The lowest BCUT2D eigenvalue weighted by atomic mass is 9.90. The van der Waals surface area contributed by atoms with Gasteiger partial charge >= 0.3 is 0 Å². The fourth-order valence-corrected chi connectivity index (χ4v) is 6.28. The zero-order valence-electron chi connectivity index (χ0n) is 19.5. The molecule has 3 unspecified atom stereocenters. The van der Waals surface area contributed by atoms with Gasteiger partial charge in [0.1, 0.15) is 16.7 Å². The van der Waals surface area contributed by atoms with E-state index >= 15 is 0 Å². The fourth-order valence-electron chi connectivity index (χ4n) is 4.07. The van der Waals surface area contributed by atoms with Crippen LogP contribution < -0.4 is 10.9 Å². The molecular weight excluding hydrogens is 484 g/mol. The molecule has 2 aliphatic rings. The Labute approximate surface area is 213 Å². The van der Waals surface area contributed by atoms with Gasteiger partial charge in [0.2, 0.25) is 0 Å². The summed E-state index contributed by atoms with van der Waals surface area (Å²) in [6, 6.07) is 18.9. The minimum atomic E-state index is -1.08. The number of hydrogen-bond donors (Lipinski definition) is 2. The van der Waals surface area contributed by atoms with Crippen molar-refractivity contribution in [2.24, 2.45) is 11.8 Å². The van der Waals surface area contributed by atoms with Crippen LogP contribution in [0.4, 0.5) is 0 Å². The molecule has 10 heteroatoms. The molecule has 0 saturated carbocycles. The molecule has 3 atom stereocenters. The van der Waals surface area contributed by atoms with E-state index in [-0.39, 0.29) is 40.0 Å². The van der Waals surface area contributed by atoms with E-state index in [1.807, 2.05) is 74.5 Å². The van der Waals surface area contributed by atoms with E-state index in [1.54, 1.807) is 0 Å². The second-order valence-corrected chi connectivity index (χ2v) is 10.6. The molecule has 4 amide bonds. The summed E-state index contributed by atoms with van der Waals surface area (Å²) in [4.78, 5) is 51.9. The van der Waals surface area contributed by atoms with Crippen molar-refractivity contribution >= 4 is 47.2 Å². The number of amides is 4. The van der Waals surface area contributed by atoms with E-state index < -0.39 is 17.7 Å². The summed E-state index contributed by atoms with van der Waals surface area (Å²) in [5.74, 6) is -2.50. The molecule has 0 aromatic heterocycles. The molecule has 2 aromatic rings. The van der Waals surface area contributed by atoms with Crippen molar-refractivity contribution < 1.29 is 19.2 Å². The van der Waals surface area contributed by atoms with Gasteiger partial charge in [-0.2, -0.15) is 0 Å². The summed E-state index contributed by atoms with van der Waals surface area (Å²) in [6.45, 7) is 3.71. The molecule has 35 heavy (non-hydrogen) atoms.